The van der Waals surface area contributed by atoms with E-state index in [0.29, 0.717) is 0 Å². The molecule has 2 unspecified atom stereocenters. The number of nitrogens with one attached hydrogen (secondary N) is 1. The first kappa shape index (κ1) is 14.1. The topological polar surface area (TPSA) is 41.3 Å². The lowest BCUT2D eigenvalue weighted by Crippen LogP contribution is -2.30. The van der Waals surface area contributed by atoms with Crippen molar-refractivity contribution < 1.29 is 4.42 Å². The van der Waals surface area contributed by atoms with E-state index in [0.717, 1.165) is 35.3 Å². The van der Waals surface area contributed by atoms with Gasteiger partial charge in [0, 0.05) is 12.7 Å². The largest absolute Gasteiger partial charge is 0.464 e. The molecule has 3 heterocycles. The second-order valence-corrected chi connectivity index (χ2v) is 5.66. The number of pyridine rings is 1. The van der Waals surface area contributed by atoms with Crippen molar-refractivity contribution in [3.63, 3.8) is 0 Å². The highest BCUT2D eigenvalue weighted by atomic mass is 32.1. The quantitative estimate of drug-likeness (QED) is 0.877. The fraction of sp³-hybridized carbons (Fsp3) is 0.375. The number of hydrogen-bond donors (Lipinski definition) is 1. The minimum absolute atomic E-state index is 0.0239. The number of aryl methyl sites for hydroxylation is 1. The molecule has 1 N–H and O–H groups in total. The number of nitrogens with zero attached hydrogens (tertiary/aromatic N) is 2. The SMILES string of the molecule is CCCN1C(=S)NC(c2ccccn2)C1c1ccc(C)o1. The lowest BCUT2D eigenvalue weighted by Gasteiger charge is -2.25. The van der Waals surface area contributed by atoms with Crippen LogP contribution >= 0.6 is 12.2 Å². The molecule has 0 aromatic carbocycles. The number of rotatable bonds is 4. The smallest absolute Gasteiger partial charge is 0.170 e. The Balaban J connectivity index is 2.00. The molecule has 1 aliphatic heterocycles. The van der Waals surface area contributed by atoms with Crippen molar-refractivity contribution in [1.29, 1.82) is 0 Å². The van der Waals surface area contributed by atoms with Gasteiger partial charge < -0.3 is 14.6 Å². The number of furan rings is 1. The highest BCUT2D eigenvalue weighted by Crippen LogP contribution is 2.39. The Kier molecular flexibility index (Phi) is 3.92. The molecule has 0 radical (unpaired) electrons. The fourth-order valence-electron chi connectivity index (χ4n) is 2.81. The van der Waals surface area contributed by atoms with Crippen molar-refractivity contribution in [2.45, 2.75) is 32.4 Å². The van der Waals surface area contributed by atoms with Gasteiger partial charge in [-0.25, -0.2) is 0 Å². The van der Waals surface area contributed by atoms with Gasteiger partial charge in [-0.05, 0) is 49.8 Å². The van der Waals surface area contributed by atoms with Gasteiger partial charge in [-0.1, -0.05) is 13.0 Å². The summed E-state index contributed by atoms with van der Waals surface area (Å²) in [5, 5.41) is 4.17. The lowest BCUT2D eigenvalue weighted by atomic mass is 10.0. The highest BCUT2D eigenvalue weighted by Gasteiger charge is 2.40. The Morgan fingerprint density at radius 1 is 1.33 bits per heavy atom. The summed E-state index contributed by atoms with van der Waals surface area (Å²) >= 11 is 5.51. The van der Waals surface area contributed by atoms with Crippen LogP contribution in [-0.4, -0.2) is 21.5 Å². The maximum absolute atomic E-state index is 5.87. The molecule has 0 bridgehead atoms. The predicted octanol–water partition coefficient (Wildman–Crippen LogP) is 3.37. The summed E-state index contributed by atoms with van der Waals surface area (Å²) in [4.78, 5) is 6.68. The van der Waals surface area contributed by atoms with Crippen LogP contribution in [0, 0.1) is 6.92 Å². The molecule has 2 atom stereocenters. The molecule has 1 fully saturated rings. The molecular weight excluding hydrogens is 282 g/mol. The van der Waals surface area contributed by atoms with E-state index < -0.39 is 0 Å². The summed E-state index contributed by atoms with van der Waals surface area (Å²) < 4.78 is 5.87. The van der Waals surface area contributed by atoms with E-state index in [9.17, 15) is 0 Å². The average Bonchev–Trinajstić information content (AvgIpc) is 3.05. The van der Waals surface area contributed by atoms with Crippen molar-refractivity contribution in [1.82, 2.24) is 15.2 Å². The third-order valence-corrected chi connectivity index (χ3v) is 4.07. The van der Waals surface area contributed by atoms with Gasteiger partial charge in [0.1, 0.15) is 17.6 Å². The summed E-state index contributed by atoms with van der Waals surface area (Å²) in [6.45, 7) is 5.02. The van der Waals surface area contributed by atoms with Gasteiger partial charge in [0.2, 0.25) is 0 Å². The minimum atomic E-state index is 0.0239. The maximum atomic E-state index is 5.87. The van der Waals surface area contributed by atoms with E-state index in [2.05, 4.69) is 22.1 Å². The van der Waals surface area contributed by atoms with Crippen molar-refractivity contribution >= 4 is 17.3 Å². The Hall–Kier alpha value is -1.88. The van der Waals surface area contributed by atoms with Crippen molar-refractivity contribution in [2.75, 3.05) is 6.54 Å². The molecule has 110 valence electrons. The second-order valence-electron chi connectivity index (χ2n) is 5.27. The highest BCUT2D eigenvalue weighted by molar-refractivity contribution is 7.80. The molecule has 21 heavy (non-hydrogen) atoms. The number of aromatic nitrogens is 1. The van der Waals surface area contributed by atoms with Gasteiger partial charge in [-0.3, -0.25) is 4.98 Å². The third kappa shape index (κ3) is 2.65. The molecule has 0 aliphatic carbocycles. The predicted molar refractivity (Wildman–Crippen MR) is 85.9 cm³/mol. The van der Waals surface area contributed by atoms with Gasteiger partial charge in [0.15, 0.2) is 5.11 Å². The Morgan fingerprint density at radius 3 is 2.81 bits per heavy atom. The molecular formula is C16H19N3OS. The van der Waals surface area contributed by atoms with Crippen LogP contribution in [0.2, 0.25) is 0 Å². The summed E-state index contributed by atoms with van der Waals surface area (Å²) in [7, 11) is 0. The van der Waals surface area contributed by atoms with Gasteiger partial charge in [0.05, 0.1) is 11.7 Å². The molecule has 0 saturated carbocycles. The van der Waals surface area contributed by atoms with Crippen LogP contribution in [0.5, 0.6) is 0 Å². The molecule has 1 aliphatic rings. The van der Waals surface area contributed by atoms with Crippen molar-refractivity contribution in [3.05, 3.63) is 53.7 Å². The Morgan fingerprint density at radius 2 is 2.19 bits per heavy atom. The van der Waals surface area contributed by atoms with Crippen LogP contribution in [0.4, 0.5) is 0 Å². The zero-order chi connectivity index (χ0) is 14.8. The van der Waals surface area contributed by atoms with E-state index >= 15 is 0 Å². The molecule has 2 aromatic heterocycles. The maximum Gasteiger partial charge on any atom is 0.170 e. The van der Waals surface area contributed by atoms with Crippen LogP contribution in [0.25, 0.3) is 0 Å². The molecule has 2 aromatic rings. The summed E-state index contributed by atoms with van der Waals surface area (Å²) in [6.07, 6.45) is 2.85. The van der Waals surface area contributed by atoms with E-state index in [1.165, 1.54) is 0 Å². The first-order valence-electron chi connectivity index (χ1n) is 7.25. The second kappa shape index (κ2) is 5.85. The normalized spacial score (nSPS) is 21.6. The minimum Gasteiger partial charge on any atom is -0.464 e. The van der Waals surface area contributed by atoms with Gasteiger partial charge in [-0.15, -0.1) is 0 Å². The van der Waals surface area contributed by atoms with Crippen molar-refractivity contribution in [3.8, 4) is 0 Å². The van der Waals surface area contributed by atoms with E-state index in [1.54, 1.807) is 0 Å². The van der Waals surface area contributed by atoms with Crippen molar-refractivity contribution in [2.24, 2.45) is 0 Å². The van der Waals surface area contributed by atoms with Crippen LogP contribution in [0.3, 0.4) is 0 Å². The molecule has 0 spiro atoms. The van der Waals surface area contributed by atoms with Crippen LogP contribution in [0.15, 0.2) is 40.9 Å². The third-order valence-electron chi connectivity index (χ3n) is 3.71. The summed E-state index contributed by atoms with van der Waals surface area (Å²) in [6, 6.07) is 10.1. The summed E-state index contributed by atoms with van der Waals surface area (Å²) in [5.74, 6) is 1.85. The van der Waals surface area contributed by atoms with Crippen LogP contribution < -0.4 is 5.32 Å². The van der Waals surface area contributed by atoms with Crippen LogP contribution in [0.1, 0.15) is 42.6 Å². The molecule has 3 rings (SSSR count). The van der Waals surface area contributed by atoms with Gasteiger partial charge in [-0.2, -0.15) is 0 Å². The average molecular weight is 301 g/mol. The van der Waals surface area contributed by atoms with E-state index in [1.807, 2.05) is 43.5 Å². The Bertz CT molecular complexity index is 625. The zero-order valence-corrected chi connectivity index (χ0v) is 13.1. The number of thiocarbonyl (C=S) groups is 1. The zero-order valence-electron chi connectivity index (χ0n) is 12.2. The summed E-state index contributed by atoms with van der Waals surface area (Å²) in [5.41, 5.74) is 0.984. The first-order chi connectivity index (χ1) is 10.2. The van der Waals surface area contributed by atoms with Crippen LogP contribution in [-0.2, 0) is 0 Å². The monoisotopic (exact) mass is 301 g/mol. The van der Waals surface area contributed by atoms with Gasteiger partial charge >= 0.3 is 0 Å². The molecule has 4 nitrogen and oxygen atoms in total. The Labute approximate surface area is 130 Å². The van der Waals surface area contributed by atoms with Gasteiger partial charge in [0.25, 0.3) is 0 Å². The van der Waals surface area contributed by atoms with E-state index in [4.69, 9.17) is 16.6 Å². The first-order valence-corrected chi connectivity index (χ1v) is 7.66. The standard InChI is InChI=1S/C16H19N3OS/c1-3-10-19-15(13-8-7-11(2)20-13)14(18-16(19)21)12-6-4-5-9-17-12/h4-9,14-15H,3,10H2,1-2H3,(H,18,21). The lowest BCUT2D eigenvalue weighted by molar-refractivity contribution is 0.269. The number of hydrogen-bond acceptors (Lipinski definition) is 3. The molecule has 0 amide bonds. The van der Waals surface area contributed by atoms with E-state index in [-0.39, 0.29) is 12.1 Å². The fourth-order valence-corrected chi connectivity index (χ4v) is 3.14. The molecule has 5 heteroatoms. The molecule has 1 saturated heterocycles.